The second-order valence-corrected chi connectivity index (χ2v) is 5.64. The van der Waals surface area contributed by atoms with Crippen molar-refractivity contribution < 1.29 is 14.7 Å². The minimum Gasteiger partial charge on any atom is -0.476 e. The molecule has 1 fully saturated rings. The van der Waals surface area contributed by atoms with Crippen molar-refractivity contribution in [3.05, 3.63) is 16.1 Å². The third kappa shape index (κ3) is 3.51. The number of aromatic nitrogens is 1. The molecule has 7 heteroatoms. The first-order chi connectivity index (χ1) is 9.08. The molecule has 1 aromatic rings. The number of carbonyl (C=O) groups is 2. The molecule has 19 heavy (non-hydrogen) atoms. The molecule has 0 radical (unpaired) electrons. The number of carboxylic acids is 1. The summed E-state index contributed by atoms with van der Waals surface area (Å²) < 4.78 is 0. The molecule has 0 spiro atoms. The zero-order valence-electron chi connectivity index (χ0n) is 10.7. The summed E-state index contributed by atoms with van der Waals surface area (Å²) >= 11 is 1.24. The Morgan fingerprint density at radius 1 is 1.63 bits per heavy atom. The zero-order chi connectivity index (χ0) is 13.8. The van der Waals surface area contributed by atoms with Crippen LogP contribution in [0.1, 0.15) is 35.3 Å². The lowest BCUT2D eigenvalue weighted by molar-refractivity contribution is -0.125. The molecule has 0 aromatic carbocycles. The van der Waals surface area contributed by atoms with Crippen molar-refractivity contribution in [2.24, 2.45) is 5.92 Å². The van der Waals surface area contributed by atoms with Crippen molar-refractivity contribution in [1.82, 2.24) is 15.6 Å². The van der Waals surface area contributed by atoms with Gasteiger partial charge in [-0.3, -0.25) is 4.79 Å². The van der Waals surface area contributed by atoms with Gasteiger partial charge in [0.15, 0.2) is 5.69 Å². The van der Waals surface area contributed by atoms with E-state index in [1.54, 1.807) is 0 Å². The minimum absolute atomic E-state index is 0.0263. The lowest BCUT2D eigenvalue weighted by Gasteiger charge is -2.28. The second kappa shape index (κ2) is 6.12. The Labute approximate surface area is 115 Å². The lowest BCUT2D eigenvalue weighted by atomic mass is 9.92. The number of rotatable bonds is 4. The van der Waals surface area contributed by atoms with Crippen LogP contribution >= 0.6 is 11.3 Å². The Morgan fingerprint density at radius 3 is 3.05 bits per heavy atom. The molecule has 2 unspecified atom stereocenters. The van der Waals surface area contributed by atoms with Gasteiger partial charge in [0, 0.05) is 5.38 Å². The Kier molecular flexibility index (Phi) is 4.49. The van der Waals surface area contributed by atoms with Crippen LogP contribution in [0, 0.1) is 5.92 Å². The number of hydrogen-bond donors (Lipinski definition) is 3. The Morgan fingerprint density at radius 2 is 2.42 bits per heavy atom. The summed E-state index contributed by atoms with van der Waals surface area (Å²) in [5.41, 5.74) is 0.0263. The van der Waals surface area contributed by atoms with E-state index >= 15 is 0 Å². The number of carbonyl (C=O) groups excluding carboxylic acids is 1. The van der Waals surface area contributed by atoms with Crippen molar-refractivity contribution in [2.45, 2.75) is 32.4 Å². The maximum absolute atomic E-state index is 12.0. The number of amides is 1. The van der Waals surface area contributed by atoms with Gasteiger partial charge in [0.25, 0.3) is 0 Å². The van der Waals surface area contributed by atoms with Crippen LogP contribution < -0.4 is 10.6 Å². The predicted octanol–water partition coefficient (Wildman–Crippen LogP) is 0.846. The van der Waals surface area contributed by atoms with Crippen LogP contribution in [0.25, 0.3) is 0 Å². The van der Waals surface area contributed by atoms with Crippen molar-refractivity contribution in [1.29, 1.82) is 0 Å². The molecular weight excluding hydrogens is 266 g/mol. The third-order valence-electron chi connectivity index (χ3n) is 3.24. The molecule has 2 rings (SSSR count). The SMILES string of the molecule is CC1CCCNC1C(=O)NCc1nc(C(=O)O)cs1. The molecule has 0 aliphatic carbocycles. The van der Waals surface area contributed by atoms with Crippen molar-refractivity contribution >= 4 is 23.2 Å². The van der Waals surface area contributed by atoms with Crippen molar-refractivity contribution in [3.8, 4) is 0 Å². The molecule has 3 N–H and O–H groups in total. The number of carboxylic acid groups (broad SMARTS) is 1. The van der Waals surface area contributed by atoms with Crippen LogP contribution in [0.4, 0.5) is 0 Å². The molecule has 1 saturated heterocycles. The van der Waals surface area contributed by atoms with Gasteiger partial charge in [-0.25, -0.2) is 9.78 Å². The predicted molar refractivity (Wildman–Crippen MR) is 71.1 cm³/mol. The molecule has 2 heterocycles. The van der Waals surface area contributed by atoms with E-state index in [9.17, 15) is 9.59 Å². The monoisotopic (exact) mass is 283 g/mol. The molecule has 1 amide bonds. The largest absolute Gasteiger partial charge is 0.476 e. The highest BCUT2D eigenvalue weighted by atomic mass is 32.1. The topological polar surface area (TPSA) is 91.3 Å². The Bertz CT molecular complexity index is 475. The molecule has 1 aromatic heterocycles. The van der Waals surface area contributed by atoms with Gasteiger partial charge in [-0.05, 0) is 25.3 Å². The van der Waals surface area contributed by atoms with Crippen LogP contribution in [-0.4, -0.2) is 34.6 Å². The van der Waals surface area contributed by atoms with Crippen LogP contribution in [0.3, 0.4) is 0 Å². The average molecular weight is 283 g/mol. The van der Waals surface area contributed by atoms with Gasteiger partial charge >= 0.3 is 5.97 Å². The summed E-state index contributed by atoms with van der Waals surface area (Å²) in [6.07, 6.45) is 2.14. The van der Waals surface area contributed by atoms with Gasteiger partial charge in [-0.2, -0.15) is 0 Å². The number of nitrogens with one attached hydrogen (secondary N) is 2. The van der Waals surface area contributed by atoms with Gasteiger partial charge < -0.3 is 15.7 Å². The number of piperidine rings is 1. The second-order valence-electron chi connectivity index (χ2n) is 4.70. The third-order valence-corrected chi connectivity index (χ3v) is 4.09. The summed E-state index contributed by atoms with van der Waals surface area (Å²) in [6.45, 7) is 3.20. The quantitative estimate of drug-likeness (QED) is 0.762. The van der Waals surface area contributed by atoms with E-state index in [4.69, 9.17) is 5.11 Å². The summed E-state index contributed by atoms with van der Waals surface area (Å²) in [5, 5.41) is 16.9. The normalized spacial score (nSPS) is 23.0. The fourth-order valence-electron chi connectivity index (χ4n) is 2.16. The molecule has 1 aliphatic heterocycles. The van der Waals surface area contributed by atoms with Crippen LogP contribution in [0.15, 0.2) is 5.38 Å². The number of aromatic carboxylic acids is 1. The standard InChI is InChI=1S/C12H17N3O3S/c1-7-3-2-4-13-10(7)11(16)14-5-9-15-8(6-19-9)12(17)18/h6-7,10,13H,2-5H2,1H3,(H,14,16)(H,17,18). The van der Waals surface area contributed by atoms with Crippen LogP contribution in [0.5, 0.6) is 0 Å². The Balaban J connectivity index is 1.87. The zero-order valence-corrected chi connectivity index (χ0v) is 11.5. The van der Waals surface area contributed by atoms with Gasteiger partial charge in [-0.15, -0.1) is 11.3 Å². The lowest BCUT2D eigenvalue weighted by Crippen LogP contribution is -2.50. The first-order valence-electron chi connectivity index (χ1n) is 6.26. The highest BCUT2D eigenvalue weighted by Crippen LogP contribution is 2.16. The number of thiazole rings is 1. The van der Waals surface area contributed by atoms with E-state index in [2.05, 4.69) is 22.5 Å². The fraction of sp³-hybridized carbons (Fsp3) is 0.583. The van der Waals surface area contributed by atoms with Gasteiger partial charge in [0.2, 0.25) is 5.91 Å². The smallest absolute Gasteiger partial charge is 0.355 e. The van der Waals surface area contributed by atoms with Gasteiger partial charge in [-0.1, -0.05) is 6.92 Å². The van der Waals surface area contributed by atoms with Crippen LogP contribution in [-0.2, 0) is 11.3 Å². The van der Waals surface area contributed by atoms with E-state index in [0.717, 1.165) is 19.4 Å². The summed E-state index contributed by atoms with van der Waals surface area (Å²) in [6, 6.07) is -0.160. The molecule has 6 nitrogen and oxygen atoms in total. The molecule has 0 bridgehead atoms. The number of nitrogens with zero attached hydrogens (tertiary/aromatic N) is 1. The fourth-order valence-corrected chi connectivity index (χ4v) is 2.87. The minimum atomic E-state index is -1.05. The molecule has 104 valence electrons. The van der Waals surface area contributed by atoms with E-state index in [1.807, 2.05) is 0 Å². The van der Waals surface area contributed by atoms with Crippen molar-refractivity contribution in [3.63, 3.8) is 0 Å². The van der Waals surface area contributed by atoms with E-state index in [0.29, 0.717) is 10.9 Å². The molecular formula is C12H17N3O3S. The maximum Gasteiger partial charge on any atom is 0.355 e. The molecule has 0 saturated carbocycles. The van der Waals surface area contributed by atoms with Gasteiger partial charge in [0.05, 0.1) is 12.6 Å². The summed E-state index contributed by atoms with van der Waals surface area (Å²) in [5.74, 6) is -0.768. The van der Waals surface area contributed by atoms with Gasteiger partial charge in [0.1, 0.15) is 5.01 Å². The van der Waals surface area contributed by atoms with E-state index in [-0.39, 0.29) is 24.2 Å². The molecule has 2 atom stereocenters. The maximum atomic E-state index is 12.0. The number of hydrogen-bond acceptors (Lipinski definition) is 5. The Hall–Kier alpha value is -1.47. The highest BCUT2D eigenvalue weighted by Gasteiger charge is 2.27. The first-order valence-corrected chi connectivity index (χ1v) is 7.14. The van der Waals surface area contributed by atoms with E-state index in [1.165, 1.54) is 16.7 Å². The summed E-state index contributed by atoms with van der Waals surface area (Å²) in [4.78, 5) is 26.6. The average Bonchev–Trinajstić information content (AvgIpc) is 2.85. The molecule has 1 aliphatic rings. The van der Waals surface area contributed by atoms with E-state index < -0.39 is 5.97 Å². The van der Waals surface area contributed by atoms with Crippen LogP contribution in [0.2, 0.25) is 0 Å². The summed E-state index contributed by atoms with van der Waals surface area (Å²) in [7, 11) is 0. The highest BCUT2D eigenvalue weighted by molar-refractivity contribution is 7.09. The first kappa shape index (κ1) is 14.0. The van der Waals surface area contributed by atoms with Crippen molar-refractivity contribution in [2.75, 3.05) is 6.54 Å².